The Morgan fingerprint density at radius 3 is 2.15 bits per heavy atom. The standard InChI is InChI=1S/C13H20N2O5/c16-7-10(13(19)20)14-11(17)8-3-5-15(6-4-8)12(18)9-1-2-9/h8-10,16H,1-7H2,(H,14,17)(H,19,20)/t10-/m0/s1. The average Bonchev–Trinajstić information content (AvgIpc) is 3.28. The number of nitrogens with zero attached hydrogens (tertiary/aromatic N) is 1. The second kappa shape index (κ2) is 6.21. The lowest BCUT2D eigenvalue weighted by Gasteiger charge is -2.31. The molecule has 1 heterocycles. The zero-order valence-electron chi connectivity index (χ0n) is 11.2. The van der Waals surface area contributed by atoms with Gasteiger partial charge < -0.3 is 20.4 Å². The van der Waals surface area contributed by atoms with Crippen molar-refractivity contribution in [1.29, 1.82) is 0 Å². The van der Waals surface area contributed by atoms with E-state index in [1.54, 1.807) is 4.90 Å². The Bertz CT molecular complexity index is 400. The number of hydrogen-bond donors (Lipinski definition) is 3. The van der Waals surface area contributed by atoms with Crippen LogP contribution in [0.15, 0.2) is 0 Å². The molecule has 2 rings (SSSR count). The molecule has 0 spiro atoms. The molecule has 0 aromatic rings. The SMILES string of the molecule is O=C(N[C@@H](CO)C(=O)O)C1CCN(C(=O)C2CC2)CC1. The van der Waals surface area contributed by atoms with Crippen LogP contribution in [-0.2, 0) is 14.4 Å². The highest BCUT2D eigenvalue weighted by Crippen LogP contribution is 2.32. The second-order valence-electron chi connectivity index (χ2n) is 5.46. The molecule has 1 saturated heterocycles. The summed E-state index contributed by atoms with van der Waals surface area (Å²) in [6, 6.07) is -1.26. The highest BCUT2D eigenvalue weighted by Gasteiger charge is 2.36. The van der Waals surface area contributed by atoms with Gasteiger partial charge in [-0.15, -0.1) is 0 Å². The highest BCUT2D eigenvalue weighted by molar-refractivity contribution is 5.85. The number of likely N-dealkylation sites (tertiary alicyclic amines) is 1. The van der Waals surface area contributed by atoms with E-state index in [0.29, 0.717) is 25.9 Å². The summed E-state index contributed by atoms with van der Waals surface area (Å²) in [4.78, 5) is 36.3. The number of carbonyl (C=O) groups excluding carboxylic acids is 2. The fraction of sp³-hybridized carbons (Fsp3) is 0.769. The number of carboxylic acid groups (broad SMARTS) is 1. The molecule has 1 aliphatic heterocycles. The van der Waals surface area contributed by atoms with Crippen LogP contribution in [-0.4, -0.2) is 58.6 Å². The molecule has 1 atom stereocenters. The molecular weight excluding hydrogens is 264 g/mol. The summed E-state index contributed by atoms with van der Waals surface area (Å²) in [7, 11) is 0. The van der Waals surface area contributed by atoms with Crippen molar-refractivity contribution in [3.05, 3.63) is 0 Å². The van der Waals surface area contributed by atoms with Crippen LogP contribution in [0.4, 0.5) is 0 Å². The highest BCUT2D eigenvalue weighted by atomic mass is 16.4. The number of amides is 2. The Morgan fingerprint density at radius 1 is 1.10 bits per heavy atom. The lowest BCUT2D eigenvalue weighted by molar-refractivity contribution is -0.144. The summed E-state index contributed by atoms with van der Waals surface area (Å²) in [6.07, 6.45) is 3.02. The van der Waals surface area contributed by atoms with E-state index in [-0.39, 0.29) is 23.7 Å². The summed E-state index contributed by atoms with van der Waals surface area (Å²) in [5.41, 5.74) is 0. The lowest BCUT2D eigenvalue weighted by Crippen LogP contribution is -2.49. The van der Waals surface area contributed by atoms with Crippen LogP contribution in [0.2, 0.25) is 0 Å². The van der Waals surface area contributed by atoms with Gasteiger partial charge in [0.2, 0.25) is 11.8 Å². The van der Waals surface area contributed by atoms with Gasteiger partial charge in [-0.2, -0.15) is 0 Å². The molecule has 3 N–H and O–H groups in total. The number of carboxylic acids is 1. The maximum absolute atomic E-state index is 11.9. The molecule has 2 amide bonds. The first-order valence-electron chi connectivity index (χ1n) is 6.95. The number of hydrogen-bond acceptors (Lipinski definition) is 4. The third kappa shape index (κ3) is 3.47. The molecule has 112 valence electrons. The van der Waals surface area contributed by atoms with Crippen molar-refractivity contribution < 1.29 is 24.6 Å². The van der Waals surface area contributed by atoms with Gasteiger partial charge in [0.1, 0.15) is 6.04 Å². The Kier molecular flexibility index (Phi) is 4.59. The minimum Gasteiger partial charge on any atom is -0.480 e. The topological polar surface area (TPSA) is 107 Å². The molecule has 7 heteroatoms. The zero-order chi connectivity index (χ0) is 14.7. The molecule has 0 bridgehead atoms. The van der Waals surface area contributed by atoms with Crippen LogP contribution < -0.4 is 5.32 Å². The van der Waals surface area contributed by atoms with E-state index < -0.39 is 18.6 Å². The van der Waals surface area contributed by atoms with Gasteiger partial charge in [-0.05, 0) is 25.7 Å². The van der Waals surface area contributed by atoms with Gasteiger partial charge in [0.25, 0.3) is 0 Å². The molecule has 0 aromatic heterocycles. The molecule has 1 aliphatic carbocycles. The number of nitrogens with one attached hydrogen (secondary N) is 1. The van der Waals surface area contributed by atoms with Crippen LogP contribution >= 0.6 is 0 Å². The van der Waals surface area contributed by atoms with Crippen molar-refractivity contribution >= 4 is 17.8 Å². The summed E-state index contributed by atoms with van der Waals surface area (Å²) in [5, 5.41) is 20.0. The summed E-state index contributed by atoms with van der Waals surface area (Å²) in [6.45, 7) is 0.467. The second-order valence-corrected chi connectivity index (χ2v) is 5.46. The predicted molar refractivity (Wildman–Crippen MR) is 68.7 cm³/mol. The van der Waals surface area contributed by atoms with Gasteiger partial charge in [-0.1, -0.05) is 0 Å². The molecule has 0 radical (unpaired) electrons. The molecule has 0 unspecified atom stereocenters. The van der Waals surface area contributed by atoms with Gasteiger partial charge in [0.15, 0.2) is 0 Å². The van der Waals surface area contributed by atoms with Crippen LogP contribution in [0.5, 0.6) is 0 Å². The third-order valence-electron chi connectivity index (χ3n) is 3.90. The van der Waals surface area contributed by atoms with Crippen molar-refractivity contribution in [2.75, 3.05) is 19.7 Å². The van der Waals surface area contributed by atoms with Crippen LogP contribution in [0.25, 0.3) is 0 Å². The minimum atomic E-state index is -1.26. The minimum absolute atomic E-state index is 0.183. The normalized spacial score (nSPS) is 21.4. The van der Waals surface area contributed by atoms with Crippen LogP contribution in [0.3, 0.4) is 0 Å². The van der Waals surface area contributed by atoms with Crippen molar-refractivity contribution in [1.82, 2.24) is 10.2 Å². The first kappa shape index (κ1) is 14.8. The van der Waals surface area contributed by atoms with E-state index in [4.69, 9.17) is 10.2 Å². The van der Waals surface area contributed by atoms with Gasteiger partial charge in [0, 0.05) is 24.9 Å². The van der Waals surface area contributed by atoms with Crippen molar-refractivity contribution in [2.24, 2.45) is 11.8 Å². The van der Waals surface area contributed by atoms with Crippen molar-refractivity contribution in [3.8, 4) is 0 Å². The molecule has 7 nitrogen and oxygen atoms in total. The number of aliphatic carboxylic acids is 1. The Hall–Kier alpha value is -1.63. The predicted octanol–water partition coefficient (Wildman–Crippen LogP) is -0.803. The average molecular weight is 284 g/mol. The van der Waals surface area contributed by atoms with E-state index in [1.165, 1.54) is 0 Å². The van der Waals surface area contributed by atoms with E-state index in [2.05, 4.69) is 5.32 Å². The fourth-order valence-corrected chi connectivity index (χ4v) is 2.43. The van der Waals surface area contributed by atoms with E-state index in [9.17, 15) is 14.4 Å². The van der Waals surface area contributed by atoms with Crippen molar-refractivity contribution in [2.45, 2.75) is 31.7 Å². The van der Waals surface area contributed by atoms with E-state index >= 15 is 0 Å². The van der Waals surface area contributed by atoms with Crippen LogP contribution in [0, 0.1) is 11.8 Å². The fourth-order valence-electron chi connectivity index (χ4n) is 2.43. The monoisotopic (exact) mass is 284 g/mol. The quantitative estimate of drug-likeness (QED) is 0.612. The first-order chi connectivity index (χ1) is 9.52. The molecule has 2 aliphatic rings. The number of rotatable bonds is 5. The van der Waals surface area contributed by atoms with Gasteiger partial charge in [-0.25, -0.2) is 4.79 Å². The number of carbonyl (C=O) groups is 3. The Labute approximate surface area is 116 Å². The Morgan fingerprint density at radius 2 is 1.70 bits per heavy atom. The molecule has 0 aromatic carbocycles. The van der Waals surface area contributed by atoms with Gasteiger partial charge in [0.05, 0.1) is 6.61 Å². The Balaban J connectivity index is 1.79. The van der Waals surface area contributed by atoms with Gasteiger partial charge >= 0.3 is 5.97 Å². The summed E-state index contributed by atoms with van der Waals surface area (Å²) in [5.74, 6) is -1.52. The number of aliphatic hydroxyl groups excluding tert-OH is 1. The molecular formula is C13H20N2O5. The molecule has 20 heavy (non-hydrogen) atoms. The molecule has 1 saturated carbocycles. The number of piperidine rings is 1. The third-order valence-corrected chi connectivity index (χ3v) is 3.90. The maximum Gasteiger partial charge on any atom is 0.328 e. The summed E-state index contributed by atoms with van der Waals surface area (Å²) >= 11 is 0. The first-order valence-corrected chi connectivity index (χ1v) is 6.95. The van der Waals surface area contributed by atoms with Crippen LogP contribution in [0.1, 0.15) is 25.7 Å². The molecule has 2 fully saturated rings. The van der Waals surface area contributed by atoms with Crippen molar-refractivity contribution in [3.63, 3.8) is 0 Å². The van der Waals surface area contributed by atoms with E-state index in [1.807, 2.05) is 0 Å². The maximum atomic E-state index is 11.9. The largest absolute Gasteiger partial charge is 0.480 e. The number of aliphatic hydroxyl groups is 1. The van der Waals surface area contributed by atoms with Gasteiger partial charge in [-0.3, -0.25) is 9.59 Å². The smallest absolute Gasteiger partial charge is 0.328 e. The zero-order valence-corrected chi connectivity index (χ0v) is 11.2. The van der Waals surface area contributed by atoms with E-state index in [0.717, 1.165) is 12.8 Å². The summed E-state index contributed by atoms with van der Waals surface area (Å²) < 4.78 is 0. The lowest BCUT2D eigenvalue weighted by atomic mass is 9.95.